The van der Waals surface area contributed by atoms with Crippen LogP contribution in [0.2, 0.25) is 0 Å². The van der Waals surface area contributed by atoms with Gasteiger partial charge in [-0.25, -0.2) is 4.39 Å². The molecule has 1 atom stereocenters. The summed E-state index contributed by atoms with van der Waals surface area (Å²) in [5.41, 5.74) is 2.28. The van der Waals surface area contributed by atoms with E-state index in [9.17, 15) is 4.39 Å². The van der Waals surface area contributed by atoms with Crippen molar-refractivity contribution in [3.05, 3.63) is 59.4 Å². The smallest absolute Gasteiger partial charge is 0.137 e. The highest BCUT2D eigenvalue weighted by molar-refractivity contribution is 7.99. The second-order valence-electron chi connectivity index (χ2n) is 5.08. The Labute approximate surface area is 128 Å². The molecule has 2 aromatic carbocycles. The van der Waals surface area contributed by atoms with Gasteiger partial charge in [-0.1, -0.05) is 24.3 Å². The minimum Gasteiger partial charge on any atom is -0.497 e. The third kappa shape index (κ3) is 3.22. The highest BCUT2D eigenvalue weighted by atomic mass is 32.2. The van der Waals surface area contributed by atoms with Gasteiger partial charge in [-0.05, 0) is 41.5 Å². The normalized spacial score (nSPS) is 17.3. The van der Waals surface area contributed by atoms with Crippen LogP contribution in [-0.2, 0) is 6.54 Å². The van der Waals surface area contributed by atoms with Crippen molar-refractivity contribution < 1.29 is 9.13 Å². The lowest BCUT2D eigenvalue weighted by Gasteiger charge is -2.26. The summed E-state index contributed by atoms with van der Waals surface area (Å²) in [6.45, 7) is 0.773. The van der Waals surface area contributed by atoms with E-state index in [0.717, 1.165) is 34.9 Å². The lowest BCUT2D eigenvalue weighted by molar-refractivity contribution is 0.414. The van der Waals surface area contributed by atoms with E-state index in [1.807, 2.05) is 18.2 Å². The van der Waals surface area contributed by atoms with Crippen LogP contribution in [0.25, 0.3) is 0 Å². The number of ether oxygens (including phenoxy) is 1. The molecule has 0 aromatic heterocycles. The van der Waals surface area contributed by atoms with Crippen molar-refractivity contribution in [2.24, 2.45) is 0 Å². The van der Waals surface area contributed by atoms with E-state index < -0.39 is 0 Å². The van der Waals surface area contributed by atoms with E-state index in [0.29, 0.717) is 0 Å². The number of hydrogen-bond acceptors (Lipinski definition) is 3. The number of methoxy groups -OCH3 is 1. The van der Waals surface area contributed by atoms with E-state index in [1.54, 1.807) is 24.9 Å². The molecule has 0 saturated heterocycles. The molecule has 0 aliphatic carbocycles. The van der Waals surface area contributed by atoms with Gasteiger partial charge in [0.25, 0.3) is 0 Å². The maximum atomic E-state index is 13.8. The topological polar surface area (TPSA) is 21.3 Å². The molecule has 0 saturated carbocycles. The molecule has 1 heterocycles. The number of hydrogen-bond donors (Lipinski definition) is 1. The van der Waals surface area contributed by atoms with E-state index in [1.165, 1.54) is 11.6 Å². The van der Waals surface area contributed by atoms with Crippen LogP contribution in [0.4, 0.5) is 4.39 Å². The Hall–Kier alpha value is -1.52. The summed E-state index contributed by atoms with van der Waals surface area (Å²) in [5, 5.41) is 3.54. The van der Waals surface area contributed by atoms with Crippen molar-refractivity contribution >= 4 is 11.8 Å². The number of rotatable bonds is 4. The first kappa shape index (κ1) is 14.4. The molecule has 21 heavy (non-hydrogen) atoms. The molecule has 2 aromatic rings. The van der Waals surface area contributed by atoms with Gasteiger partial charge >= 0.3 is 0 Å². The van der Waals surface area contributed by atoms with E-state index in [2.05, 4.69) is 17.4 Å². The van der Waals surface area contributed by atoms with Crippen LogP contribution in [0, 0.1) is 5.82 Å². The fourth-order valence-corrected chi connectivity index (χ4v) is 3.72. The molecule has 110 valence electrons. The van der Waals surface area contributed by atoms with Gasteiger partial charge in [0.15, 0.2) is 0 Å². The van der Waals surface area contributed by atoms with Crippen LogP contribution in [0.1, 0.15) is 23.6 Å². The average molecular weight is 303 g/mol. The lowest BCUT2D eigenvalue weighted by atomic mass is 10.0. The maximum Gasteiger partial charge on any atom is 0.137 e. The monoisotopic (exact) mass is 303 g/mol. The van der Waals surface area contributed by atoms with Gasteiger partial charge in [-0.3, -0.25) is 0 Å². The van der Waals surface area contributed by atoms with Gasteiger partial charge in [-0.15, -0.1) is 11.8 Å². The summed E-state index contributed by atoms with van der Waals surface area (Å²) in [5.74, 6) is 1.71. The molecule has 1 N–H and O–H groups in total. The molecule has 4 heteroatoms. The fourth-order valence-electron chi connectivity index (χ4n) is 2.58. The van der Waals surface area contributed by atoms with Crippen molar-refractivity contribution in [1.29, 1.82) is 0 Å². The first-order valence-electron chi connectivity index (χ1n) is 7.05. The summed E-state index contributed by atoms with van der Waals surface area (Å²) in [6.07, 6.45) is 1.03. The standard InChI is InChI=1S/C17H18FNOS/c1-20-13-7-5-12(6-8-13)11-19-16-9-10-21-17-14(16)3-2-4-15(17)18/h2-8,16,19H,9-11H2,1H3. The number of benzene rings is 2. The van der Waals surface area contributed by atoms with Gasteiger partial charge in [-0.2, -0.15) is 0 Å². The largest absolute Gasteiger partial charge is 0.497 e. The molecule has 1 aliphatic rings. The first-order chi connectivity index (χ1) is 10.3. The van der Waals surface area contributed by atoms with Crippen molar-refractivity contribution in [2.45, 2.75) is 23.9 Å². The third-order valence-corrected chi connectivity index (χ3v) is 4.90. The zero-order chi connectivity index (χ0) is 14.7. The molecule has 0 spiro atoms. The molecule has 0 amide bonds. The average Bonchev–Trinajstić information content (AvgIpc) is 2.54. The van der Waals surface area contributed by atoms with Crippen molar-refractivity contribution in [3.63, 3.8) is 0 Å². The molecule has 2 nitrogen and oxygen atoms in total. The SMILES string of the molecule is COc1ccc(CNC2CCSc3c(F)cccc32)cc1. The van der Waals surface area contributed by atoms with Crippen molar-refractivity contribution in [3.8, 4) is 5.75 Å². The highest BCUT2D eigenvalue weighted by Crippen LogP contribution is 2.37. The van der Waals surface area contributed by atoms with Crippen molar-refractivity contribution in [1.82, 2.24) is 5.32 Å². The van der Waals surface area contributed by atoms with Gasteiger partial charge in [0.2, 0.25) is 0 Å². The first-order valence-corrected chi connectivity index (χ1v) is 8.04. The summed E-state index contributed by atoms with van der Waals surface area (Å²) in [7, 11) is 1.67. The molecular formula is C17H18FNOS. The summed E-state index contributed by atoms with van der Waals surface area (Å²) >= 11 is 1.61. The Balaban J connectivity index is 1.70. The van der Waals surface area contributed by atoms with Crippen LogP contribution in [0.15, 0.2) is 47.4 Å². The molecule has 3 rings (SSSR count). The van der Waals surface area contributed by atoms with Gasteiger partial charge in [0, 0.05) is 17.5 Å². The molecule has 1 unspecified atom stereocenters. The van der Waals surface area contributed by atoms with Crippen LogP contribution in [-0.4, -0.2) is 12.9 Å². The number of nitrogens with one attached hydrogen (secondary N) is 1. The zero-order valence-corrected chi connectivity index (χ0v) is 12.8. The molecular weight excluding hydrogens is 285 g/mol. The minimum atomic E-state index is -0.103. The Bertz CT molecular complexity index is 615. The molecule has 1 aliphatic heterocycles. The molecule has 0 radical (unpaired) electrons. The Morgan fingerprint density at radius 3 is 2.81 bits per heavy atom. The predicted molar refractivity (Wildman–Crippen MR) is 84.3 cm³/mol. The van der Waals surface area contributed by atoms with Crippen molar-refractivity contribution in [2.75, 3.05) is 12.9 Å². The van der Waals surface area contributed by atoms with Gasteiger partial charge < -0.3 is 10.1 Å². The van der Waals surface area contributed by atoms with Gasteiger partial charge in [0.1, 0.15) is 11.6 Å². The molecule has 0 bridgehead atoms. The predicted octanol–water partition coefficient (Wildman–Crippen LogP) is 4.16. The number of fused-ring (bicyclic) bond motifs is 1. The minimum absolute atomic E-state index is 0.103. The van der Waals surface area contributed by atoms with Crippen LogP contribution in [0.5, 0.6) is 5.75 Å². The summed E-state index contributed by atoms with van der Waals surface area (Å²) in [6, 6.07) is 13.6. The second-order valence-corrected chi connectivity index (χ2v) is 6.18. The molecule has 0 fully saturated rings. The van der Waals surface area contributed by atoms with Crippen LogP contribution < -0.4 is 10.1 Å². The van der Waals surface area contributed by atoms with E-state index >= 15 is 0 Å². The van der Waals surface area contributed by atoms with E-state index in [4.69, 9.17) is 4.74 Å². The quantitative estimate of drug-likeness (QED) is 0.916. The Morgan fingerprint density at radius 1 is 1.24 bits per heavy atom. The van der Waals surface area contributed by atoms with E-state index in [-0.39, 0.29) is 11.9 Å². The maximum absolute atomic E-state index is 13.8. The number of thioether (sulfide) groups is 1. The summed E-state index contributed by atoms with van der Waals surface area (Å²) < 4.78 is 19.0. The zero-order valence-electron chi connectivity index (χ0n) is 11.9. The van der Waals surface area contributed by atoms with Gasteiger partial charge in [0.05, 0.1) is 7.11 Å². The Morgan fingerprint density at radius 2 is 2.05 bits per heavy atom. The fraction of sp³-hybridized carbons (Fsp3) is 0.294. The summed E-state index contributed by atoms with van der Waals surface area (Å²) in [4.78, 5) is 0.802. The lowest BCUT2D eigenvalue weighted by Crippen LogP contribution is -2.24. The third-order valence-electron chi connectivity index (χ3n) is 3.74. The van der Waals surface area contributed by atoms with Crippen LogP contribution >= 0.6 is 11.8 Å². The van der Waals surface area contributed by atoms with Crippen LogP contribution in [0.3, 0.4) is 0 Å². The second kappa shape index (κ2) is 6.50. The Kier molecular flexibility index (Phi) is 4.46. The highest BCUT2D eigenvalue weighted by Gasteiger charge is 2.22. The number of halogens is 1.